The van der Waals surface area contributed by atoms with E-state index in [0.717, 1.165) is 9.13 Å². The Bertz CT molecular complexity index is 1260. The van der Waals surface area contributed by atoms with Crippen molar-refractivity contribution in [2.75, 3.05) is 5.73 Å². The number of hydrogen-bond donors (Lipinski definition) is 4. The lowest BCUT2D eigenvalue weighted by Gasteiger charge is -2.09. The van der Waals surface area contributed by atoms with E-state index in [-0.39, 0.29) is 33.9 Å². The maximum atomic E-state index is 12.4. The van der Waals surface area contributed by atoms with Gasteiger partial charge in [-0.2, -0.15) is 5.10 Å². The number of aryl methyl sites for hydroxylation is 1. The minimum absolute atomic E-state index is 0.0522. The first-order valence-electron chi connectivity index (χ1n) is 7.92. The first-order chi connectivity index (χ1) is 13.2. The van der Waals surface area contributed by atoms with Gasteiger partial charge in [-0.15, -0.1) is 0 Å². The quantitative estimate of drug-likeness (QED) is 0.266. The van der Waals surface area contributed by atoms with Crippen molar-refractivity contribution in [2.45, 2.75) is 0 Å². The highest BCUT2D eigenvalue weighted by atomic mass is 16.3. The predicted octanol–water partition coefficient (Wildman–Crippen LogP) is -0.611. The molecule has 0 bridgehead atoms. The number of fused-ring (bicyclic) bond motifs is 1. The molecule has 1 amide bonds. The van der Waals surface area contributed by atoms with E-state index >= 15 is 0 Å². The van der Waals surface area contributed by atoms with Gasteiger partial charge >= 0.3 is 5.69 Å². The fraction of sp³-hybridized carbons (Fsp3) is 0.118. The summed E-state index contributed by atoms with van der Waals surface area (Å²) in [6.07, 6.45) is 1.24. The summed E-state index contributed by atoms with van der Waals surface area (Å²) in [5, 5.41) is 22.5. The van der Waals surface area contributed by atoms with Gasteiger partial charge in [0, 0.05) is 14.1 Å². The molecule has 2 aromatic heterocycles. The number of carbonyl (C=O) groups excluding carboxylic acids is 1. The molecule has 0 spiro atoms. The van der Waals surface area contributed by atoms with E-state index < -0.39 is 17.2 Å². The number of rotatable bonds is 3. The van der Waals surface area contributed by atoms with Crippen LogP contribution in [-0.4, -0.2) is 36.5 Å². The summed E-state index contributed by atoms with van der Waals surface area (Å²) in [6, 6.07) is 5.24. The van der Waals surface area contributed by atoms with E-state index in [9.17, 15) is 24.6 Å². The number of phenolic OH excluding ortho intramolecular Hbond substituents is 2. The average molecular weight is 384 g/mol. The molecule has 0 aliphatic heterocycles. The number of nitrogens with two attached hydrogens (primary N) is 1. The average Bonchev–Trinajstić information content (AvgIpc) is 2.67. The van der Waals surface area contributed by atoms with Crippen LogP contribution in [0.25, 0.3) is 11.0 Å². The van der Waals surface area contributed by atoms with Crippen molar-refractivity contribution in [3.63, 3.8) is 0 Å². The van der Waals surface area contributed by atoms with Crippen LogP contribution in [-0.2, 0) is 14.1 Å². The van der Waals surface area contributed by atoms with Gasteiger partial charge in [-0.1, -0.05) is 0 Å². The molecule has 0 radical (unpaired) electrons. The van der Waals surface area contributed by atoms with Crippen LogP contribution in [0.15, 0.2) is 39.0 Å². The summed E-state index contributed by atoms with van der Waals surface area (Å²) in [7, 11) is 2.76. The van der Waals surface area contributed by atoms with E-state index in [0.29, 0.717) is 5.56 Å². The molecule has 0 fully saturated rings. The van der Waals surface area contributed by atoms with Crippen LogP contribution in [0.1, 0.15) is 15.9 Å². The predicted molar refractivity (Wildman–Crippen MR) is 101 cm³/mol. The van der Waals surface area contributed by atoms with E-state index in [4.69, 9.17) is 5.73 Å². The third-order valence-electron chi connectivity index (χ3n) is 4.08. The number of nitrogens with zero attached hydrogens (tertiary/aromatic N) is 4. The maximum absolute atomic E-state index is 12.4. The lowest BCUT2D eigenvalue weighted by Crippen LogP contribution is -2.37. The molecule has 3 rings (SSSR count). The molecule has 2 heterocycles. The standard InChI is InChI=1S/C17H16N6O5/c1-22-14-10(16(27)23(2)17(22)28)6-9(13(18)20-14)15(26)21-19-7-8-3-4-11(24)12(25)5-8/h3-7,24-25H,1-2H3,(H2,18,20)(H,21,26)/b19-7+. The maximum Gasteiger partial charge on any atom is 0.332 e. The van der Waals surface area contributed by atoms with Gasteiger partial charge in [0.15, 0.2) is 17.1 Å². The van der Waals surface area contributed by atoms with Gasteiger partial charge in [0.2, 0.25) is 0 Å². The van der Waals surface area contributed by atoms with Crippen LogP contribution in [0.2, 0.25) is 0 Å². The van der Waals surface area contributed by atoms with Gasteiger partial charge in [-0.05, 0) is 29.8 Å². The van der Waals surface area contributed by atoms with Gasteiger partial charge in [-0.25, -0.2) is 15.2 Å². The normalized spacial score (nSPS) is 11.2. The number of nitrogens with one attached hydrogen (secondary N) is 1. The second kappa shape index (κ2) is 6.87. The Morgan fingerprint density at radius 2 is 1.89 bits per heavy atom. The smallest absolute Gasteiger partial charge is 0.332 e. The number of anilines is 1. The van der Waals surface area contributed by atoms with Crippen molar-refractivity contribution in [1.29, 1.82) is 0 Å². The number of hydrogen-bond acceptors (Lipinski definition) is 8. The number of phenols is 2. The van der Waals surface area contributed by atoms with Crippen molar-refractivity contribution in [1.82, 2.24) is 19.5 Å². The molecule has 0 aliphatic rings. The molecule has 0 atom stereocenters. The number of nitrogen functional groups attached to an aromatic ring is 1. The fourth-order valence-electron chi connectivity index (χ4n) is 2.54. The molecular weight excluding hydrogens is 368 g/mol. The van der Waals surface area contributed by atoms with Crippen molar-refractivity contribution in [3.05, 3.63) is 56.2 Å². The number of aromatic nitrogens is 3. The van der Waals surface area contributed by atoms with E-state index in [1.54, 1.807) is 0 Å². The van der Waals surface area contributed by atoms with Gasteiger partial charge in [-0.3, -0.25) is 18.7 Å². The minimum Gasteiger partial charge on any atom is -0.504 e. The molecular formula is C17H16N6O5. The van der Waals surface area contributed by atoms with Gasteiger partial charge in [0.25, 0.3) is 11.5 Å². The highest BCUT2D eigenvalue weighted by molar-refractivity contribution is 6.01. The Morgan fingerprint density at radius 1 is 1.18 bits per heavy atom. The number of pyridine rings is 1. The largest absolute Gasteiger partial charge is 0.504 e. The lowest BCUT2D eigenvalue weighted by atomic mass is 10.2. The third kappa shape index (κ3) is 3.16. The van der Waals surface area contributed by atoms with Crippen LogP contribution in [0.3, 0.4) is 0 Å². The van der Waals surface area contributed by atoms with Crippen LogP contribution in [0.5, 0.6) is 11.5 Å². The molecule has 0 aliphatic carbocycles. The van der Waals surface area contributed by atoms with Gasteiger partial charge in [0.1, 0.15) is 5.82 Å². The summed E-state index contributed by atoms with van der Waals surface area (Å²) in [6.45, 7) is 0. The van der Waals surface area contributed by atoms with Crippen LogP contribution >= 0.6 is 0 Å². The highest BCUT2D eigenvalue weighted by Crippen LogP contribution is 2.24. The van der Waals surface area contributed by atoms with Crippen molar-refractivity contribution in [3.8, 4) is 11.5 Å². The Morgan fingerprint density at radius 3 is 2.57 bits per heavy atom. The molecule has 11 heteroatoms. The molecule has 0 saturated heterocycles. The summed E-state index contributed by atoms with van der Waals surface area (Å²) in [5.41, 5.74) is 7.26. The molecule has 5 N–H and O–H groups in total. The molecule has 11 nitrogen and oxygen atoms in total. The van der Waals surface area contributed by atoms with E-state index in [2.05, 4.69) is 15.5 Å². The first kappa shape index (κ1) is 18.6. The second-order valence-electron chi connectivity index (χ2n) is 5.95. The monoisotopic (exact) mass is 384 g/mol. The van der Waals surface area contributed by atoms with Crippen molar-refractivity contribution < 1.29 is 15.0 Å². The zero-order valence-electron chi connectivity index (χ0n) is 14.9. The number of hydrazone groups is 1. The van der Waals surface area contributed by atoms with E-state index in [1.807, 2.05) is 0 Å². The Balaban J connectivity index is 1.94. The summed E-state index contributed by atoms with van der Waals surface area (Å²) < 4.78 is 2.06. The summed E-state index contributed by atoms with van der Waals surface area (Å²) in [5.74, 6) is -1.51. The number of benzene rings is 1. The highest BCUT2D eigenvalue weighted by Gasteiger charge is 2.17. The minimum atomic E-state index is -0.720. The van der Waals surface area contributed by atoms with Crippen molar-refractivity contribution in [2.24, 2.45) is 19.2 Å². The molecule has 28 heavy (non-hydrogen) atoms. The molecule has 0 unspecified atom stereocenters. The van der Waals surface area contributed by atoms with Crippen LogP contribution in [0, 0.1) is 0 Å². The van der Waals surface area contributed by atoms with Gasteiger partial charge in [0.05, 0.1) is 17.2 Å². The Labute approximate surface area is 157 Å². The lowest BCUT2D eigenvalue weighted by molar-refractivity contribution is 0.0956. The number of carbonyl (C=O) groups is 1. The second-order valence-corrected chi connectivity index (χ2v) is 5.95. The SMILES string of the molecule is Cn1c(=O)c2cc(C(=O)N/N=C/c3ccc(O)c(O)c3)c(N)nc2n(C)c1=O. The zero-order chi connectivity index (χ0) is 20.6. The summed E-state index contributed by atoms with van der Waals surface area (Å²) in [4.78, 5) is 40.6. The zero-order valence-corrected chi connectivity index (χ0v) is 14.9. The first-order valence-corrected chi connectivity index (χ1v) is 7.92. The number of aromatic hydroxyl groups is 2. The molecule has 144 valence electrons. The third-order valence-corrected chi connectivity index (χ3v) is 4.08. The van der Waals surface area contributed by atoms with Crippen LogP contribution < -0.4 is 22.4 Å². The molecule has 1 aromatic carbocycles. The fourth-order valence-corrected chi connectivity index (χ4v) is 2.54. The van der Waals surface area contributed by atoms with Crippen molar-refractivity contribution >= 4 is 29.0 Å². The molecule has 0 saturated carbocycles. The molecule has 3 aromatic rings. The number of amides is 1. The summed E-state index contributed by atoms with van der Waals surface area (Å²) >= 11 is 0. The van der Waals surface area contributed by atoms with Crippen LogP contribution in [0.4, 0.5) is 5.82 Å². The Hall–Kier alpha value is -4.15. The topological polar surface area (TPSA) is 165 Å². The van der Waals surface area contributed by atoms with E-state index in [1.165, 1.54) is 44.6 Å². The van der Waals surface area contributed by atoms with Gasteiger partial charge < -0.3 is 15.9 Å². The Kier molecular flexibility index (Phi) is 4.57.